The third-order valence-corrected chi connectivity index (χ3v) is 3.90. The molecule has 2 aromatic rings. The number of rotatable bonds is 3. The van der Waals surface area contributed by atoms with E-state index < -0.39 is 0 Å². The summed E-state index contributed by atoms with van der Waals surface area (Å²) < 4.78 is 3.62. The Morgan fingerprint density at radius 1 is 1.30 bits per heavy atom. The van der Waals surface area contributed by atoms with E-state index in [9.17, 15) is 9.59 Å². The molecule has 23 heavy (non-hydrogen) atoms. The van der Waals surface area contributed by atoms with Gasteiger partial charge in [0, 0.05) is 25.8 Å². The van der Waals surface area contributed by atoms with Crippen LogP contribution in [0.15, 0.2) is 24.4 Å². The molecule has 0 bridgehead atoms. The van der Waals surface area contributed by atoms with Crippen LogP contribution >= 0.6 is 0 Å². The number of nitrogens with zero attached hydrogens (tertiary/aromatic N) is 4. The highest BCUT2D eigenvalue weighted by Gasteiger charge is 2.25. The highest BCUT2D eigenvalue weighted by Crippen LogP contribution is 2.16. The highest BCUT2D eigenvalue weighted by molar-refractivity contribution is 5.93. The second-order valence-corrected chi connectivity index (χ2v) is 6.10. The number of nitrogens with one attached hydrogen (secondary N) is 1. The van der Waals surface area contributed by atoms with Crippen LogP contribution in [0.5, 0.6) is 0 Å². The molecule has 2 amide bonds. The second kappa shape index (κ2) is 5.91. The van der Waals surface area contributed by atoms with Gasteiger partial charge < -0.3 is 14.8 Å². The van der Waals surface area contributed by atoms with Gasteiger partial charge in [-0.25, -0.2) is 0 Å². The van der Waals surface area contributed by atoms with Crippen molar-refractivity contribution in [2.24, 2.45) is 7.05 Å². The molecular formula is C16H21N5O2. The summed E-state index contributed by atoms with van der Waals surface area (Å²) in [4.78, 5) is 26.4. The van der Waals surface area contributed by atoms with Crippen molar-refractivity contribution in [1.82, 2.24) is 24.6 Å². The van der Waals surface area contributed by atoms with Crippen LogP contribution in [0.25, 0.3) is 0 Å². The first-order valence-electron chi connectivity index (χ1n) is 7.74. The molecule has 0 unspecified atom stereocenters. The Balaban J connectivity index is 1.76. The summed E-state index contributed by atoms with van der Waals surface area (Å²) >= 11 is 0. The first-order valence-corrected chi connectivity index (χ1v) is 7.74. The van der Waals surface area contributed by atoms with Gasteiger partial charge in [-0.1, -0.05) is 0 Å². The van der Waals surface area contributed by atoms with Gasteiger partial charge in [0.1, 0.15) is 5.69 Å². The van der Waals surface area contributed by atoms with Gasteiger partial charge in [-0.2, -0.15) is 5.10 Å². The number of carbonyl (C=O) groups excluding carboxylic acids is 2. The van der Waals surface area contributed by atoms with E-state index in [0.29, 0.717) is 31.0 Å². The molecule has 1 aliphatic rings. The molecule has 7 heteroatoms. The third kappa shape index (κ3) is 2.99. The number of aromatic nitrogens is 3. The number of hydrogen-bond acceptors (Lipinski definition) is 3. The van der Waals surface area contributed by atoms with Gasteiger partial charge in [-0.3, -0.25) is 14.3 Å². The molecule has 122 valence electrons. The van der Waals surface area contributed by atoms with E-state index >= 15 is 0 Å². The summed E-state index contributed by atoms with van der Waals surface area (Å²) in [5.74, 6) is -0.180. The van der Waals surface area contributed by atoms with Crippen LogP contribution in [0.1, 0.15) is 40.5 Å². The fraction of sp³-hybridized carbons (Fsp3) is 0.438. The maximum absolute atomic E-state index is 12.6. The third-order valence-electron chi connectivity index (χ3n) is 3.90. The monoisotopic (exact) mass is 315 g/mol. The van der Waals surface area contributed by atoms with E-state index in [4.69, 9.17) is 0 Å². The maximum Gasteiger partial charge on any atom is 0.271 e. The SMILES string of the molecule is CC(C)NC(=O)c1cc2n(n1)CCN(C(=O)c1cccn1C)C2. The average molecular weight is 315 g/mol. The Kier molecular flexibility index (Phi) is 3.94. The molecule has 0 saturated carbocycles. The molecule has 0 aromatic carbocycles. The topological polar surface area (TPSA) is 72.2 Å². The highest BCUT2D eigenvalue weighted by atomic mass is 16.2. The summed E-state index contributed by atoms with van der Waals surface area (Å²) in [7, 11) is 1.86. The van der Waals surface area contributed by atoms with Crippen molar-refractivity contribution in [2.75, 3.05) is 6.54 Å². The van der Waals surface area contributed by atoms with Gasteiger partial charge in [0.25, 0.3) is 11.8 Å². The second-order valence-electron chi connectivity index (χ2n) is 6.10. The minimum atomic E-state index is -0.179. The first-order chi connectivity index (χ1) is 11.0. The van der Waals surface area contributed by atoms with Crippen molar-refractivity contribution < 1.29 is 9.59 Å². The van der Waals surface area contributed by atoms with E-state index in [1.54, 1.807) is 11.0 Å². The molecule has 1 aliphatic heterocycles. The molecule has 7 nitrogen and oxygen atoms in total. The van der Waals surface area contributed by atoms with Gasteiger partial charge in [0.15, 0.2) is 5.69 Å². The van der Waals surface area contributed by atoms with Gasteiger partial charge in [-0.05, 0) is 32.0 Å². The standard InChI is InChI=1S/C16H21N5O2/c1-11(2)17-15(22)13-9-12-10-20(7-8-21(12)18-13)16(23)14-5-4-6-19(14)3/h4-6,9,11H,7-8,10H2,1-3H3,(H,17,22). The number of aryl methyl sites for hydroxylation is 1. The van der Waals surface area contributed by atoms with Crippen molar-refractivity contribution >= 4 is 11.8 Å². The zero-order valence-corrected chi connectivity index (χ0v) is 13.6. The van der Waals surface area contributed by atoms with E-state index in [1.165, 1.54) is 0 Å². The van der Waals surface area contributed by atoms with Gasteiger partial charge >= 0.3 is 0 Å². The maximum atomic E-state index is 12.6. The Bertz CT molecular complexity index is 743. The molecule has 0 atom stereocenters. The van der Waals surface area contributed by atoms with Crippen molar-refractivity contribution in [3.05, 3.63) is 41.5 Å². The average Bonchev–Trinajstić information content (AvgIpc) is 3.10. The number of amides is 2. The zero-order chi connectivity index (χ0) is 16.6. The molecule has 0 saturated heterocycles. The quantitative estimate of drug-likeness (QED) is 0.919. The lowest BCUT2D eigenvalue weighted by molar-refractivity contribution is 0.0695. The minimum absolute atomic E-state index is 0.00173. The normalized spacial score (nSPS) is 14.0. The van der Waals surface area contributed by atoms with E-state index in [1.807, 2.05) is 48.5 Å². The number of hydrogen-bond donors (Lipinski definition) is 1. The molecule has 3 heterocycles. The van der Waals surface area contributed by atoms with Crippen molar-refractivity contribution in [3.8, 4) is 0 Å². The summed E-state index contributed by atoms with van der Waals surface area (Å²) in [6.45, 7) is 5.47. The predicted octanol–water partition coefficient (Wildman–Crippen LogP) is 1.02. The van der Waals surface area contributed by atoms with Crippen LogP contribution in [0.4, 0.5) is 0 Å². The van der Waals surface area contributed by atoms with Crippen LogP contribution < -0.4 is 5.32 Å². The zero-order valence-electron chi connectivity index (χ0n) is 13.6. The molecule has 2 aromatic heterocycles. The van der Waals surface area contributed by atoms with Crippen molar-refractivity contribution in [3.63, 3.8) is 0 Å². The molecular weight excluding hydrogens is 294 g/mol. The fourth-order valence-corrected chi connectivity index (χ4v) is 2.73. The lowest BCUT2D eigenvalue weighted by atomic mass is 10.2. The van der Waals surface area contributed by atoms with Crippen LogP contribution in [-0.2, 0) is 20.1 Å². The molecule has 0 radical (unpaired) electrons. The first kappa shape index (κ1) is 15.3. The van der Waals surface area contributed by atoms with Gasteiger partial charge in [-0.15, -0.1) is 0 Å². The summed E-state index contributed by atoms with van der Waals surface area (Å²) in [6.07, 6.45) is 1.86. The molecule has 3 rings (SSSR count). The Labute approximate surface area is 134 Å². The lowest BCUT2D eigenvalue weighted by Crippen LogP contribution is -2.39. The van der Waals surface area contributed by atoms with Crippen LogP contribution in [0, 0.1) is 0 Å². The van der Waals surface area contributed by atoms with Crippen molar-refractivity contribution in [2.45, 2.75) is 33.0 Å². The Morgan fingerprint density at radius 3 is 2.74 bits per heavy atom. The van der Waals surface area contributed by atoms with Crippen LogP contribution in [0.3, 0.4) is 0 Å². The van der Waals surface area contributed by atoms with E-state index in [2.05, 4.69) is 10.4 Å². The smallest absolute Gasteiger partial charge is 0.271 e. The fourth-order valence-electron chi connectivity index (χ4n) is 2.73. The van der Waals surface area contributed by atoms with Gasteiger partial charge in [0.2, 0.25) is 0 Å². The molecule has 1 N–H and O–H groups in total. The summed E-state index contributed by atoms with van der Waals surface area (Å²) in [5.41, 5.74) is 1.95. The number of fused-ring (bicyclic) bond motifs is 1. The van der Waals surface area contributed by atoms with Crippen molar-refractivity contribution in [1.29, 1.82) is 0 Å². The molecule has 0 aliphatic carbocycles. The Morgan fingerprint density at radius 2 is 2.09 bits per heavy atom. The summed E-state index contributed by atoms with van der Waals surface area (Å²) in [6, 6.07) is 5.50. The lowest BCUT2D eigenvalue weighted by Gasteiger charge is -2.27. The molecule has 0 spiro atoms. The largest absolute Gasteiger partial charge is 0.348 e. The van der Waals surface area contributed by atoms with Gasteiger partial charge in [0.05, 0.1) is 18.8 Å². The predicted molar refractivity (Wildman–Crippen MR) is 85.0 cm³/mol. The summed E-state index contributed by atoms with van der Waals surface area (Å²) in [5, 5.41) is 7.17. The minimum Gasteiger partial charge on any atom is -0.348 e. The Hall–Kier alpha value is -2.57. The van der Waals surface area contributed by atoms with E-state index in [0.717, 1.165) is 5.69 Å². The van der Waals surface area contributed by atoms with E-state index in [-0.39, 0.29) is 17.9 Å². The van der Waals surface area contributed by atoms with Crippen LogP contribution in [-0.4, -0.2) is 43.6 Å². The number of carbonyl (C=O) groups is 2. The van der Waals surface area contributed by atoms with Crippen LogP contribution in [0.2, 0.25) is 0 Å². The molecule has 0 fully saturated rings.